The van der Waals surface area contributed by atoms with Crippen LogP contribution in [0.1, 0.15) is 26.2 Å². The Morgan fingerprint density at radius 1 is 1.00 bits per heavy atom. The van der Waals surface area contributed by atoms with Crippen LogP contribution in [-0.2, 0) is 9.53 Å². The molecule has 0 saturated carbocycles. The fraction of sp³-hybridized carbons (Fsp3) is 0.286. The number of hydrogen-bond acceptors (Lipinski definition) is 4. The largest absolute Gasteiger partial charge is 0.494 e. The molecule has 2 aromatic carbocycles. The predicted molar refractivity (Wildman–Crippen MR) is 97.6 cm³/mol. The van der Waals surface area contributed by atoms with E-state index in [9.17, 15) is 4.79 Å². The Kier molecular flexibility index (Phi) is 7.57. The smallest absolute Gasteiger partial charge is 0.336 e. The first kappa shape index (κ1) is 18.6. The standard InChI is InChI=1S/C21H24O4/c1-3-20(24-19-14-8-5-9-15-19)25-21(22)17(2)11-10-16-23-18-12-6-4-7-13-18/h4-9,12-15,20H,2-3,10-11,16H2,1H3. The summed E-state index contributed by atoms with van der Waals surface area (Å²) in [5.74, 6) is 1.06. The molecule has 4 heteroatoms. The molecule has 0 bridgehead atoms. The van der Waals surface area contributed by atoms with Gasteiger partial charge in [-0.05, 0) is 37.1 Å². The lowest BCUT2D eigenvalue weighted by Crippen LogP contribution is -2.24. The highest BCUT2D eigenvalue weighted by Crippen LogP contribution is 2.15. The quantitative estimate of drug-likeness (QED) is 0.271. The topological polar surface area (TPSA) is 44.8 Å². The maximum absolute atomic E-state index is 12.1. The summed E-state index contributed by atoms with van der Waals surface area (Å²) in [7, 11) is 0. The molecule has 0 radical (unpaired) electrons. The Balaban J connectivity index is 1.70. The van der Waals surface area contributed by atoms with E-state index >= 15 is 0 Å². The molecule has 0 amide bonds. The van der Waals surface area contributed by atoms with Crippen LogP contribution in [-0.4, -0.2) is 18.9 Å². The van der Waals surface area contributed by atoms with Crippen LogP contribution in [0.2, 0.25) is 0 Å². The first-order valence-electron chi connectivity index (χ1n) is 8.47. The molecule has 0 aliphatic carbocycles. The van der Waals surface area contributed by atoms with Gasteiger partial charge in [0.25, 0.3) is 0 Å². The molecule has 25 heavy (non-hydrogen) atoms. The van der Waals surface area contributed by atoms with Crippen molar-refractivity contribution in [2.45, 2.75) is 32.5 Å². The zero-order chi connectivity index (χ0) is 17.9. The first-order valence-corrected chi connectivity index (χ1v) is 8.47. The molecule has 1 atom stereocenters. The lowest BCUT2D eigenvalue weighted by atomic mass is 10.2. The van der Waals surface area contributed by atoms with Crippen LogP contribution in [0.5, 0.6) is 11.5 Å². The minimum Gasteiger partial charge on any atom is -0.494 e. The molecular formula is C21H24O4. The zero-order valence-electron chi connectivity index (χ0n) is 14.5. The van der Waals surface area contributed by atoms with Crippen LogP contribution < -0.4 is 9.47 Å². The summed E-state index contributed by atoms with van der Waals surface area (Å²) in [6, 6.07) is 18.9. The van der Waals surface area contributed by atoms with Gasteiger partial charge in [0.1, 0.15) is 11.5 Å². The minimum atomic E-state index is -0.618. The van der Waals surface area contributed by atoms with Crippen LogP contribution in [0.4, 0.5) is 0 Å². The van der Waals surface area contributed by atoms with Gasteiger partial charge in [-0.2, -0.15) is 0 Å². The first-order chi connectivity index (χ1) is 12.2. The SMILES string of the molecule is C=C(CCCOc1ccccc1)C(=O)OC(CC)Oc1ccccc1. The summed E-state index contributed by atoms with van der Waals surface area (Å²) in [6.07, 6.45) is 1.16. The Morgan fingerprint density at radius 3 is 2.20 bits per heavy atom. The summed E-state index contributed by atoms with van der Waals surface area (Å²) in [5, 5.41) is 0. The van der Waals surface area contributed by atoms with E-state index in [2.05, 4.69) is 6.58 Å². The number of hydrogen-bond donors (Lipinski definition) is 0. The van der Waals surface area contributed by atoms with Gasteiger partial charge in [-0.3, -0.25) is 0 Å². The van der Waals surface area contributed by atoms with Gasteiger partial charge in [0.15, 0.2) is 0 Å². The summed E-state index contributed by atoms with van der Waals surface area (Å²) in [4.78, 5) is 12.1. The Labute approximate surface area is 149 Å². The van der Waals surface area contributed by atoms with Crippen molar-refractivity contribution in [1.29, 1.82) is 0 Å². The van der Waals surface area contributed by atoms with Crippen molar-refractivity contribution in [3.05, 3.63) is 72.8 Å². The number of esters is 1. The summed E-state index contributed by atoms with van der Waals surface area (Å²) >= 11 is 0. The van der Waals surface area contributed by atoms with Crippen molar-refractivity contribution in [2.24, 2.45) is 0 Å². The summed E-state index contributed by atoms with van der Waals surface area (Å²) < 4.78 is 16.6. The highest BCUT2D eigenvalue weighted by molar-refractivity contribution is 5.87. The average Bonchev–Trinajstić information content (AvgIpc) is 2.66. The lowest BCUT2D eigenvalue weighted by Gasteiger charge is -2.18. The van der Waals surface area contributed by atoms with E-state index in [-0.39, 0.29) is 0 Å². The Hall–Kier alpha value is -2.75. The van der Waals surface area contributed by atoms with E-state index in [0.29, 0.717) is 37.2 Å². The molecule has 2 rings (SSSR count). The maximum Gasteiger partial charge on any atom is 0.336 e. The Bertz CT molecular complexity index is 652. The number of para-hydroxylation sites is 2. The second kappa shape index (κ2) is 10.2. The normalized spacial score (nSPS) is 11.4. The third kappa shape index (κ3) is 6.71. The highest BCUT2D eigenvalue weighted by Gasteiger charge is 2.16. The van der Waals surface area contributed by atoms with E-state index in [1.54, 1.807) is 0 Å². The second-order valence-corrected chi connectivity index (χ2v) is 5.54. The highest BCUT2D eigenvalue weighted by atomic mass is 16.7. The van der Waals surface area contributed by atoms with Gasteiger partial charge >= 0.3 is 5.97 Å². The molecule has 0 aliphatic rings. The number of benzene rings is 2. The monoisotopic (exact) mass is 340 g/mol. The average molecular weight is 340 g/mol. The van der Waals surface area contributed by atoms with Crippen molar-refractivity contribution in [3.63, 3.8) is 0 Å². The fourth-order valence-corrected chi connectivity index (χ4v) is 2.14. The second-order valence-electron chi connectivity index (χ2n) is 5.54. The molecule has 4 nitrogen and oxygen atoms in total. The molecule has 0 spiro atoms. The van der Waals surface area contributed by atoms with Crippen molar-refractivity contribution in [3.8, 4) is 11.5 Å². The molecule has 132 valence electrons. The van der Waals surface area contributed by atoms with Gasteiger partial charge in [0.05, 0.1) is 6.61 Å². The van der Waals surface area contributed by atoms with E-state index in [4.69, 9.17) is 14.2 Å². The van der Waals surface area contributed by atoms with Gasteiger partial charge in [0.2, 0.25) is 6.29 Å². The van der Waals surface area contributed by atoms with Crippen LogP contribution in [0, 0.1) is 0 Å². The van der Waals surface area contributed by atoms with E-state index < -0.39 is 12.3 Å². The predicted octanol–water partition coefficient (Wildman–Crippen LogP) is 4.76. The maximum atomic E-state index is 12.1. The van der Waals surface area contributed by atoms with Gasteiger partial charge in [-0.15, -0.1) is 0 Å². The summed E-state index contributed by atoms with van der Waals surface area (Å²) in [6.45, 7) is 6.23. The Morgan fingerprint density at radius 2 is 1.60 bits per heavy atom. The van der Waals surface area contributed by atoms with Crippen LogP contribution >= 0.6 is 0 Å². The van der Waals surface area contributed by atoms with Gasteiger partial charge in [-0.1, -0.05) is 49.9 Å². The van der Waals surface area contributed by atoms with Crippen molar-refractivity contribution >= 4 is 5.97 Å². The summed E-state index contributed by atoms with van der Waals surface area (Å²) in [5.41, 5.74) is 0.423. The molecule has 0 heterocycles. The van der Waals surface area contributed by atoms with E-state index in [1.165, 1.54) is 0 Å². The van der Waals surface area contributed by atoms with Gasteiger partial charge in [-0.25, -0.2) is 4.79 Å². The van der Waals surface area contributed by atoms with E-state index in [0.717, 1.165) is 5.75 Å². The number of carbonyl (C=O) groups is 1. The van der Waals surface area contributed by atoms with Crippen molar-refractivity contribution < 1.29 is 19.0 Å². The van der Waals surface area contributed by atoms with Crippen LogP contribution in [0.15, 0.2) is 72.8 Å². The molecule has 0 saturated heterocycles. The number of ether oxygens (including phenoxy) is 3. The van der Waals surface area contributed by atoms with Crippen LogP contribution in [0.3, 0.4) is 0 Å². The number of carbonyl (C=O) groups excluding carboxylic acids is 1. The van der Waals surface area contributed by atoms with Crippen molar-refractivity contribution in [2.75, 3.05) is 6.61 Å². The third-order valence-corrected chi connectivity index (χ3v) is 3.51. The van der Waals surface area contributed by atoms with Gasteiger partial charge in [0, 0.05) is 12.0 Å². The third-order valence-electron chi connectivity index (χ3n) is 3.51. The molecule has 0 fully saturated rings. The zero-order valence-corrected chi connectivity index (χ0v) is 14.5. The van der Waals surface area contributed by atoms with Crippen LogP contribution in [0.25, 0.3) is 0 Å². The fourth-order valence-electron chi connectivity index (χ4n) is 2.14. The minimum absolute atomic E-state index is 0.423. The molecule has 2 aromatic rings. The lowest BCUT2D eigenvalue weighted by molar-refractivity contribution is -0.159. The van der Waals surface area contributed by atoms with Crippen molar-refractivity contribution in [1.82, 2.24) is 0 Å². The van der Waals surface area contributed by atoms with Gasteiger partial charge < -0.3 is 14.2 Å². The molecule has 0 aliphatic heterocycles. The molecular weight excluding hydrogens is 316 g/mol. The van der Waals surface area contributed by atoms with E-state index in [1.807, 2.05) is 67.6 Å². The molecule has 0 N–H and O–H groups in total. The number of rotatable bonds is 10. The molecule has 1 unspecified atom stereocenters. The molecule has 0 aromatic heterocycles.